The first-order valence-electron chi connectivity index (χ1n) is 8.02. The molecule has 134 valence electrons. The summed E-state index contributed by atoms with van der Waals surface area (Å²) in [5.41, 5.74) is 11.8. The van der Waals surface area contributed by atoms with Crippen LogP contribution in [0.4, 0.5) is 11.4 Å². The highest BCUT2D eigenvalue weighted by molar-refractivity contribution is 6.33. The number of hydrazine groups is 1. The number of benzene rings is 1. The summed E-state index contributed by atoms with van der Waals surface area (Å²) >= 11 is 6.40. The van der Waals surface area contributed by atoms with Crippen molar-refractivity contribution in [3.63, 3.8) is 0 Å². The molecule has 0 saturated carbocycles. The molecule has 1 saturated heterocycles. The Hall–Kier alpha value is -2.45. The maximum Gasteiger partial charge on any atom is 0.157 e. The molecule has 8 nitrogen and oxygen atoms in total. The number of nitrogens with one attached hydrogen (secondary N) is 1. The SMILES string of the molecule is Cc1noc(C)c1N1CCN(c2cc(/C(N)=N/NN)ccc2Cl)CC1. The molecule has 0 bridgehead atoms. The molecule has 0 radical (unpaired) electrons. The molecule has 9 heteroatoms. The average molecular weight is 364 g/mol. The zero-order chi connectivity index (χ0) is 18.0. The Morgan fingerprint density at radius 2 is 1.92 bits per heavy atom. The van der Waals surface area contributed by atoms with Crippen LogP contribution >= 0.6 is 11.6 Å². The molecule has 0 amide bonds. The minimum Gasteiger partial charge on any atom is -0.382 e. The Morgan fingerprint density at radius 3 is 2.52 bits per heavy atom. The van der Waals surface area contributed by atoms with Gasteiger partial charge in [-0.3, -0.25) is 0 Å². The van der Waals surface area contributed by atoms with E-state index in [9.17, 15) is 0 Å². The molecule has 1 fully saturated rings. The molecule has 5 N–H and O–H groups in total. The minimum absolute atomic E-state index is 0.315. The number of hydrogen-bond acceptors (Lipinski definition) is 7. The smallest absolute Gasteiger partial charge is 0.157 e. The van der Waals surface area contributed by atoms with Crippen LogP contribution in [-0.4, -0.2) is 37.2 Å². The van der Waals surface area contributed by atoms with Crippen molar-refractivity contribution in [1.29, 1.82) is 0 Å². The van der Waals surface area contributed by atoms with Gasteiger partial charge in [-0.15, -0.1) is 5.10 Å². The summed E-state index contributed by atoms with van der Waals surface area (Å²) in [5, 5.41) is 8.53. The van der Waals surface area contributed by atoms with E-state index < -0.39 is 0 Å². The van der Waals surface area contributed by atoms with Crippen molar-refractivity contribution in [3.8, 4) is 0 Å². The zero-order valence-electron chi connectivity index (χ0n) is 14.3. The standard InChI is InChI=1S/C16H22ClN7O/c1-10-15(11(2)25-21-10)24-7-5-23(6-8-24)14-9-12(3-4-13(14)17)16(18)20-22-19/h3-4,9,22H,5-8,19H2,1-2H3,(H2,18,20). The van der Waals surface area contributed by atoms with Crippen molar-refractivity contribution >= 4 is 28.8 Å². The fourth-order valence-electron chi connectivity index (χ4n) is 3.15. The number of anilines is 2. The number of aromatic nitrogens is 1. The van der Waals surface area contributed by atoms with E-state index in [-0.39, 0.29) is 0 Å². The summed E-state index contributed by atoms with van der Waals surface area (Å²) in [6, 6.07) is 5.58. The number of hydrogen-bond donors (Lipinski definition) is 3. The summed E-state index contributed by atoms with van der Waals surface area (Å²) < 4.78 is 5.27. The minimum atomic E-state index is 0.315. The van der Waals surface area contributed by atoms with Gasteiger partial charge in [0.25, 0.3) is 0 Å². The van der Waals surface area contributed by atoms with Crippen molar-refractivity contribution in [2.75, 3.05) is 36.0 Å². The van der Waals surface area contributed by atoms with Crippen LogP contribution in [0.25, 0.3) is 0 Å². The lowest BCUT2D eigenvalue weighted by molar-refractivity contribution is 0.393. The monoisotopic (exact) mass is 363 g/mol. The average Bonchev–Trinajstić information content (AvgIpc) is 2.94. The maximum atomic E-state index is 6.40. The summed E-state index contributed by atoms with van der Waals surface area (Å²) in [4.78, 5) is 4.53. The topological polar surface area (TPSA) is 109 Å². The first kappa shape index (κ1) is 17.4. The van der Waals surface area contributed by atoms with E-state index in [1.807, 2.05) is 32.0 Å². The highest BCUT2D eigenvalue weighted by Crippen LogP contribution is 2.30. The number of nitrogens with two attached hydrogens (primary N) is 2. The number of amidine groups is 1. The number of aryl methyl sites for hydroxylation is 2. The van der Waals surface area contributed by atoms with Crippen LogP contribution in [0.5, 0.6) is 0 Å². The Bertz CT molecular complexity index is 761. The third-order valence-corrected chi connectivity index (χ3v) is 4.68. The predicted octanol–water partition coefficient (Wildman–Crippen LogP) is 1.36. The quantitative estimate of drug-likeness (QED) is 0.325. The van der Waals surface area contributed by atoms with E-state index in [2.05, 4.69) is 25.6 Å². The van der Waals surface area contributed by atoms with Crippen molar-refractivity contribution in [2.24, 2.45) is 16.7 Å². The van der Waals surface area contributed by atoms with Crippen LogP contribution in [-0.2, 0) is 0 Å². The Balaban J connectivity index is 1.77. The molecular weight excluding hydrogens is 342 g/mol. The van der Waals surface area contributed by atoms with E-state index in [0.717, 1.165) is 54.6 Å². The van der Waals surface area contributed by atoms with Crippen LogP contribution in [0.15, 0.2) is 27.8 Å². The van der Waals surface area contributed by atoms with Gasteiger partial charge in [-0.05, 0) is 32.0 Å². The van der Waals surface area contributed by atoms with Crippen LogP contribution in [0.1, 0.15) is 17.0 Å². The number of halogens is 1. The lowest BCUT2D eigenvalue weighted by Crippen LogP contribution is -2.47. The highest BCUT2D eigenvalue weighted by atomic mass is 35.5. The van der Waals surface area contributed by atoms with E-state index >= 15 is 0 Å². The van der Waals surface area contributed by atoms with Gasteiger partial charge in [-0.25, -0.2) is 11.4 Å². The molecule has 3 rings (SSSR count). The van der Waals surface area contributed by atoms with Gasteiger partial charge in [-0.2, -0.15) is 0 Å². The third-order valence-electron chi connectivity index (χ3n) is 4.36. The summed E-state index contributed by atoms with van der Waals surface area (Å²) in [5.74, 6) is 6.36. The Kier molecular flexibility index (Phi) is 5.00. The first-order chi connectivity index (χ1) is 12.0. The zero-order valence-corrected chi connectivity index (χ0v) is 15.0. The predicted molar refractivity (Wildman–Crippen MR) is 99.9 cm³/mol. The molecule has 0 unspecified atom stereocenters. The van der Waals surface area contributed by atoms with Crippen LogP contribution < -0.4 is 26.9 Å². The normalized spacial score (nSPS) is 15.6. The molecule has 0 spiro atoms. The first-order valence-corrected chi connectivity index (χ1v) is 8.40. The fourth-order valence-corrected chi connectivity index (χ4v) is 3.39. The van der Waals surface area contributed by atoms with Gasteiger partial charge >= 0.3 is 0 Å². The van der Waals surface area contributed by atoms with E-state index in [1.54, 1.807) is 0 Å². The maximum absolute atomic E-state index is 6.40. The molecule has 0 aliphatic carbocycles. The van der Waals surface area contributed by atoms with Gasteiger partial charge in [0, 0.05) is 31.7 Å². The lowest BCUT2D eigenvalue weighted by Gasteiger charge is -2.37. The number of nitrogens with zero attached hydrogens (tertiary/aromatic N) is 4. The van der Waals surface area contributed by atoms with Gasteiger partial charge in [0.2, 0.25) is 0 Å². The van der Waals surface area contributed by atoms with Crippen LogP contribution in [0.3, 0.4) is 0 Å². The summed E-state index contributed by atoms with van der Waals surface area (Å²) in [7, 11) is 0. The van der Waals surface area contributed by atoms with Crippen molar-refractivity contribution < 1.29 is 4.52 Å². The lowest BCUT2D eigenvalue weighted by atomic mass is 10.1. The Morgan fingerprint density at radius 1 is 1.24 bits per heavy atom. The van der Waals surface area contributed by atoms with Gasteiger partial charge < -0.3 is 20.1 Å². The van der Waals surface area contributed by atoms with Gasteiger partial charge in [-0.1, -0.05) is 16.8 Å². The summed E-state index contributed by atoms with van der Waals surface area (Å²) in [6.45, 7) is 7.29. The highest BCUT2D eigenvalue weighted by Gasteiger charge is 2.23. The molecule has 25 heavy (non-hydrogen) atoms. The number of piperazine rings is 1. The molecule has 1 aliphatic rings. The van der Waals surface area contributed by atoms with E-state index in [4.69, 9.17) is 27.7 Å². The molecule has 0 atom stereocenters. The van der Waals surface area contributed by atoms with Crippen molar-refractivity contribution in [2.45, 2.75) is 13.8 Å². The van der Waals surface area contributed by atoms with Gasteiger partial charge in [0.1, 0.15) is 11.4 Å². The second-order valence-electron chi connectivity index (χ2n) is 5.94. The fraction of sp³-hybridized carbons (Fsp3) is 0.375. The molecule has 1 aromatic carbocycles. The van der Waals surface area contributed by atoms with E-state index in [0.29, 0.717) is 10.9 Å². The van der Waals surface area contributed by atoms with Crippen LogP contribution in [0, 0.1) is 13.8 Å². The van der Waals surface area contributed by atoms with Gasteiger partial charge in [0.05, 0.1) is 10.7 Å². The molecule has 1 aliphatic heterocycles. The second-order valence-corrected chi connectivity index (χ2v) is 6.35. The van der Waals surface area contributed by atoms with Crippen molar-refractivity contribution in [1.82, 2.24) is 10.7 Å². The molecular formula is C16H22ClN7O. The summed E-state index contributed by atoms with van der Waals surface area (Å²) in [6.07, 6.45) is 0. The molecule has 2 aromatic rings. The number of hydrazone groups is 1. The largest absolute Gasteiger partial charge is 0.382 e. The van der Waals surface area contributed by atoms with Gasteiger partial charge in [0.15, 0.2) is 11.6 Å². The molecule has 2 heterocycles. The van der Waals surface area contributed by atoms with Crippen molar-refractivity contribution in [3.05, 3.63) is 40.2 Å². The third kappa shape index (κ3) is 3.49. The van der Waals surface area contributed by atoms with Crippen LogP contribution in [0.2, 0.25) is 5.02 Å². The number of rotatable bonds is 4. The second kappa shape index (κ2) is 7.20. The molecule has 1 aromatic heterocycles. The van der Waals surface area contributed by atoms with E-state index in [1.165, 1.54) is 0 Å². The Labute approximate surface area is 151 Å².